The molecule has 0 radical (unpaired) electrons. The van der Waals surface area contributed by atoms with Crippen LogP contribution in [0.5, 0.6) is 0 Å². The molecule has 21 heavy (non-hydrogen) atoms. The van der Waals surface area contributed by atoms with E-state index in [9.17, 15) is 9.59 Å². The fourth-order valence-electron chi connectivity index (χ4n) is 3.62. The van der Waals surface area contributed by atoms with Crippen molar-refractivity contribution in [3.63, 3.8) is 0 Å². The van der Waals surface area contributed by atoms with Gasteiger partial charge in [-0.15, -0.1) is 0 Å². The Morgan fingerprint density at radius 2 is 1.86 bits per heavy atom. The zero-order chi connectivity index (χ0) is 15.6. The lowest BCUT2D eigenvalue weighted by atomic mass is 9.92. The molecule has 0 aromatic carbocycles. The van der Waals surface area contributed by atoms with Crippen molar-refractivity contribution in [1.82, 2.24) is 15.1 Å². The quantitative estimate of drug-likeness (QED) is 0.849. The number of likely N-dealkylation sites (tertiary alicyclic amines) is 1. The third kappa shape index (κ3) is 3.39. The molecule has 0 aromatic rings. The number of piperidine rings is 1. The first kappa shape index (κ1) is 16.3. The van der Waals surface area contributed by atoms with Crippen LogP contribution in [-0.2, 0) is 9.59 Å². The molecule has 0 bridgehead atoms. The highest BCUT2D eigenvalue weighted by Crippen LogP contribution is 2.26. The second kappa shape index (κ2) is 6.77. The molecule has 0 aliphatic carbocycles. The number of nitrogens with one attached hydrogen (secondary N) is 1. The van der Waals surface area contributed by atoms with Gasteiger partial charge in [0.25, 0.3) is 0 Å². The van der Waals surface area contributed by atoms with E-state index in [1.165, 1.54) is 6.42 Å². The molecular weight excluding hydrogens is 266 g/mol. The highest BCUT2D eigenvalue weighted by atomic mass is 16.2. The molecule has 2 amide bonds. The maximum absolute atomic E-state index is 12.6. The topological polar surface area (TPSA) is 52.6 Å². The van der Waals surface area contributed by atoms with Crippen LogP contribution in [0.3, 0.4) is 0 Å². The summed E-state index contributed by atoms with van der Waals surface area (Å²) in [5.74, 6) is 0.241. The number of carbonyl (C=O) groups excluding carboxylic acids is 2. The van der Waals surface area contributed by atoms with E-state index in [4.69, 9.17) is 0 Å². The Kier molecular flexibility index (Phi) is 5.25. The van der Waals surface area contributed by atoms with E-state index in [1.807, 2.05) is 18.7 Å². The van der Waals surface area contributed by atoms with Crippen LogP contribution < -0.4 is 5.32 Å². The van der Waals surface area contributed by atoms with Gasteiger partial charge in [-0.1, -0.05) is 20.8 Å². The third-order valence-corrected chi connectivity index (χ3v) is 4.67. The second-order valence-corrected chi connectivity index (χ2v) is 6.74. The van der Waals surface area contributed by atoms with Crippen LogP contribution in [0.2, 0.25) is 0 Å². The van der Waals surface area contributed by atoms with Gasteiger partial charge in [0.15, 0.2) is 0 Å². The Morgan fingerprint density at radius 3 is 2.38 bits per heavy atom. The monoisotopic (exact) mass is 295 g/mol. The molecule has 5 nitrogen and oxygen atoms in total. The van der Waals surface area contributed by atoms with E-state index in [-0.39, 0.29) is 35.9 Å². The van der Waals surface area contributed by atoms with Crippen LogP contribution in [-0.4, -0.2) is 59.4 Å². The minimum absolute atomic E-state index is 0.00749. The highest BCUT2D eigenvalue weighted by Gasteiger charge is 2.43. The Morgan fingerprint density at radius 1 is 1.24 bits per heavy atom. The molecule has 120 valence electrons. The van der Waals surface area contributed by atoms with Gasteiger partial charge in [0.2, 0.25) is 11.8 Å². The SMILES string of the molecule is CCCN1CCC(N2C(=O)C(C)NC(=O)C2C(C)C)CC1. The lowest BCUT2D eigenvalue weighted by Crippen LogP contribution is -2.67. The lowest BCUT2D eigenvalue weighted by molar-refractivity contribution is -0.154. The Balaban J connectivity index is 2.10. The Labute approximate surface area is 128 Å². The maximum atomic E-state index is 12.6. The van der Waals surface area contributed by atoms with Gasteiger partial charge in [-0.2, -0.15) is 0 Å². The van der Waals surface area contributed by atoms with Crippen LogP contribution in [0, 0.1) is 5.92 Å². The Bertz CT molecular complexity index is 389. The molecule has 2 heterocycles. The summed E-state index contributed by atoms with van der Waals surface area (Å²) >= 11 is 0. The van der Waals surface area contributed by atoms with Gasteiger partial charge in [0.05, 0.1) is 0 Å². The molecule has 2 unspecified atom stereocenters. The number of rotatable bonds is 4. The molecule has 0 aromatic heterocycles. The van der Waals surface area contributed by atoms with Crippen LogP contribution in [0.15, 0.2) is 0 Å². The van der Waals surface area contributed by atoms with Gasteiger partial charge in [-0.3, -0.25) is 9.59 Å². The third-order valence-electron chi connectivity index (χ3n) is 4.67. The summed E-state index contributed by atoms with van der Waals surface area (Å²) in [6.45, 7) is 11.2. The molecule has 0 spiro atoms. The number of piperazine rings is 1. The van der Waals surface area contributed by atoms with Crippen molar-refractivity contribution < 1.29 is 9.59 Å². The van der Waals surface area contributed by atoms with Crippen molar-refractivity contribution in [2.24, 2.45) is 5.92 Å². The van der Waals surface area contributed by atoms with Gasteiger partial charge in [-0.05, 0) is 38.6 Å². The van der Waals surface area contributed by atoms with Crippen molar-refractivity contribution in [2.75, 3.05) is 19.6 Å². The highest BCUT2D eigenvalue weighted by molar-refractivity contribution is 5.97. The molecule has 2 aliphatic heterocycles. The van der Waals surface area contributed by atoms with Crippen molar-refractivity contribution >= 4 is 11.8 Å². The molecule has 2 aliphatic rings. The predicted octanol–water partition coefficient (Wildman–Crippen LogP) is 1.23. The number of amides is 2. The molecule has 2 atom stereocenters. The summed E-state index contributed by atoms with van der Waals surface area (Å²) in [5.41, 5.74) is 0. The van der Waals surface area contributed by atoms with Crippen molar-refractivity contribution in [3.8, 4) is 0 Å². The van der Waals surface area contributed by atoms with E-state index < -0.39 is 0 Å². The molecule has 2 rings (SSSR count). The van der Waals surface area contributed by atoms with Gasteiger partial charge >= 0.3 is 0 Å². The minimum atomic E-state index is -0.388. The van der Waals surface area contributed by atoms with Gasteiger partial charge in [-0.25, -0.2) is 0 Å². The van der Waals surface area contributed by atoms with E-state index >= 15 is 0 Å². The van der Waals surface area contributed by atoms with E-state index in [2.05, 4.69) is 17.1 Å². The summed E-state index contributed by atoms with van der Waals surface area (Å²) < 4.78 is 0. The molecule has 1 N–H and O–H groups in total. The standard InChI is InChI=1S/C16H29N3O2/c1-5-8-18-9-6-13(7-10-18)19-14(11(2)3)15(20)17-12(4)16(19)21/h11-14H,5-10H2,1-4H3,(H,17,20). The molecule has 5 heteroatoms. The predicted molar refractivity (Wildman–Crippen MR) is 82.8 cm³/mol. The summed E-state index contributed by atoms with van der Waals surface area (Å²) in [5, 5.41) is 2.82. The second-order valence-electron chi connectivity index (χ2n) is 6.74. The molecule has 0 saturated carbocycles. The van der Waals surface area contributed by atoms with E-state index in [1.54, 1.807) is 6.92 Å². The number of hydrogen-bond acceptors (Lipinski definition) is 3. The average Bonchev–Trinajstić information content (AvgIpc) is 2.43. The van der Waals surface area contributed by atoms with Gasteiger partial charge < -0.3 is 15.1 Å². The minimum Gasteiger partial charge on any atom is -0.343 e. The normalized spacial score (nSPS) is 29.1. The summed E-state index contributed by atoms with van der Waals surface area (Å²) in [7, 11) is 0. The number of hydrogen-bond donors (Lipinski definition) is 1. The maximum Gasteiger partial charge on any atom is 0.245 e. The number of carbonyl (C=O) groups is 2. The number of nitrogens with zero attached hydrogens (tertiary/aromatic N) is 2. The van der Waals surface area contributed by atoms with Crippen LogP contribution in [0.4, 0.5) is 0 Å². The zero-order valence-corrected chi connectivity index (χ0v) is 13.8. The van der Waals surface area contributed by atoms with E-state index in [0.29, 0.717) is 0 Å². The molecule has 2 saturated heterocycles. The molecular formula is C16H29N3O2. The van der Waals surface area contributed by atoms with Crippen LogP contribution >= 0.6 is 0 Å². The van der Waals surface area contributed by atoms with E-state index in [0.717, 1.165) is 32.5 Å². The summed E-state index contributed by atoms with van der Waals surface area (Å²) in [4.78, 5) is 29.2. The van der Waals surface area contributed by atoms with Crippen LogP contribution in [0.25, 0.3) is 0 Å². The lowest BCUT2D eigenvalue weighted by Gasteiger charge is -2.46. The van der Waals surface area contributed by atoms with Gasteiger partial charge in [0, 0.05) is 19.1 Å². The van der Waals surface area contributed by atoms with Crippen molar-refractivity contribution in [1.29, 1.82) is 0 Å². The largest absolute Gasteiger partial charge is 0.343 e. The van der Waals surface area contributed by atoms with Crippen LogP contribution in [0.1, 0.15) is 47.0 Å². The fraction of sp³-hybridized carbons (Fsp3) is 0.875. The zero-order valence-electron chi connectivity index (χ0n) is 13.8. The summed E-state index contributed by atoms with van der Waals surface area (Å²) in [6, 6.07) is -0.482. The first-order valence-corrected chi connectivity index (χ1v) is 8.30. The molecule has 2 fully saturated rings. The van der Waals surface area contributed by atoms with Crippen molar-refractivity contribution in [3.05, 3.63) is 0 Å². The Hall–Kier alpha value is -1.10. The smallest absolute Gasteiger partial charge is 0.245 e. The van der Waals surface area contributed by atoms with Crippen molar-refractivity contribution in [2.45, 2.75) is 65.1 Å². The fourth-order valence-corrected chi connectivity index (χ4v) is 3.62. The first-order valence-electron chi connectivity index (χ1n) is 8.30. The summed E-state index contributed by atoms with van der Waals surface area (Å²) in [6.07, 6.45) is 3.13. The average molecular weight is 295 g/mol. The first-order chi connectivity index (χ1) is 9.95. The van der Waals surface area contributed by atoms with Gasteiger partial charge in [0.1, 0.15) is 12.1 Å².